The quantitative estimate of drug-likeness (QED) is 0.364. The highest BCUT2D eigenvalue weighted by Gasteiger charge is 2.73. The first-order valence-electron chi connectivity index (χ1n) is 5.09. The number of rotatable bonds is 4. The topological polar surface area (TPSA) is 124 Å². The van der Waals surface area contributed by atoms with Gasteiger partial charge in [-0.05, 0) is 6.08 Å². The highest BCUT2D eigenvalue weighted by atomic mass is 19.4. The van der Waals surface area contributed by atoms with Crippen molar-refractivity contribution >= 4 is 5.97 Å². The summed E-state index contributed by atoms with van der Waals surface area (Å²) in [5.41, 5.74) is -5.47. The summed E-state index contributed by atoms with van der Waals surface area (Å²) in [6, 6.07) is 0. The summed E-state index contributed by atoms with van der Waals surface area (Å²) in [5, 5.41) is 30.1. The van der Waals surface area contributed by atoms with Gasteiger partial charge < -0.3 is 5.11 Å². The minimum Gasteiger partial charge on any atom is -0.481 e. The standard InChI is InChI=1S/C9H6F4N2O6/c10-5-1-2-8(14(18)19,15(20)21)7(9(11,12)13)4(5)3-6(16)17/h1-2,7H,3H2,(H,16,17). The van der Waals surface area contributed by atoms with Gasteiger partial charge in [-0.3, -0.25) is 25.0 Å². The average Bonchev–Trinajstić information content (AvgIpc) is 2.28. The summed E-state index contributed by atoms with van der Waals surface area (Å²) in [7, 11) is 0. The Morgan fingerprint density at radius 3 is 2.14 bits per heavy atom. The van der Waals surface area contributed by atoms with E-state index < -0.39 is 51.4 Å². The monoisotopic (exact) mass is 314 g/mol. The third-order valence-corrected chi connectivity index (χ3v) is 2.81. The Bertz CT molecular complexity index is 553. The highest BCUT2D eigenvalue weighted by Crippen LogP contribution is 2.47. The molecule has 1 unspecified atom stereocenters. The van der Waals surface area contributed by atoms with E-state index in [1.165, 1.54) is 0 Å². The molecule has 12 heteroatoms. The van der Waals surface area contributed by atoms with Crippen molar-refractivity contribution in [3.8, 4) is 0 Å². The lowest BCUT2D eigenvalue weighted by atomic mass is 9.80. The van der Waals surface area contributed by atoms with Gasteiger partial charge >= 0.3 is 17.8 Å². The highest BCUT2D eigenvalue weighted by molar-refractivity contribution is 5.71. The van der Waals surface area contributed by atoms with Crippen molar-refractivity contribution in [3.63, 3.8) is 0 Å². The third-order valence-electron chi connectivity index (χ3n) is 2.81. The van der Waals surface area contributed by atoms with Crippen molar-refractivity contribution in [2.75, 3.05) is 0 Å². The molecule has 1 rings (SSSR count). The van der Waals surface area contributed by atoms with Gasteiger partial charge in [-0.25, -0.2) is 4.39 Å². The van der Waals surface area contributed by atoms with Gasteiger partial charge in [0.25, 0.3) is 0 Å². The Hall–Kier alpha value is -2.53. The summed E-state index contributed by atoms with van der Waals surface area (Å²) < 4.78 is 52.4. The number of hydrogen-bond acceptors (Lipinski definition) is 5. The van der Waals surface area contributed by atoms with Gasteiger partial charge in [0.2, 0.25) is 5.92 Å². The number of carboxylic acid groups (broad SMARTS) is 1. The molecule has 0 aromatic heterocycles. The Labute approximate surface area is 112 Å². The second-order valence-corrected chi connectivity index (χ2v) is 4.05. The molecule has 0 aromatic rings. The summed E-state index contributed by atoms with van der Waals surface area (Å²) in [5.74, 6) is -7.12. The van der Waals surface area contributed by atoms with Crippen LogP contribution in [0.5, 0.6) is 0 Å². The Morgan fingerprint density at radius 2 is 1.81 bits per heavy atom. The first-order valence-corrected chi connectivity index (χ1v) is 5.09. The van der Waals surface area contributed by atoms with Gasteiger partial charge in [0.1, 0.15) is 15.7 Å². The number of carboxylic acids is 1. The molecule has 0 bridgehead atoms. The van der Waals surface area contributed by atoms with Crippen LogP contribution < -0.4 is 0 Å². The molecule has 0 heterocycles. The smallest absolute Gasteiger partial charge is 0.481 e. The largest absolute Gasteiger partial charge is 0.493 e. The van der Waals surface area contributed by atoms with E-state index in [-0.39, 0.29) is 12.2 Å². The second-order valence-electron chi connectivity index (χ2n) is 4.05. The fourth-order valence-corrected chi connectivity index (χ4v) is 1.98. The van der Waals surface area contributed by atoms with Gasteiger partial charge in [-0.15, -0.1) is 0 Å². The number of aliphatic carboxylic acids is 1. The molecule has 1 aliphatic carbocycles. The molecule has 1 N–H and O–H groups in total. The van der Waals surface area contributed by atoms with Crippen molar-refractivity contribution in [3.05, 3.63) is 43.8 Å². The zero-order valence-corrected chi connectivity index (χ0v) is 9.83. The zero-order chi connectivity index (χ0) is 16.6. The van der Waals surface area contributed by atoms with Gasteiger partial charge in [-0.2, -0.15) is 13.2 Å². The minimum absolute atomic E-state index is 0.103. The van der Waals surface area contributed by atoms with E-state index in [2.05, 4.69) is 0 Å². The molecule has 1 aliphatic rings. The number of allylic oxidation sites excluding steroid dienone is 2. The van der Waals surface area contributed by atoms with E-state index in [1.54, 1.807) is 0 Å². The molecule has 0 aromatic carbocycles. The summed E-state index contributed by atoms with van der Waals surface area (Å²) in [6.07, 6.45) is -7.17. The van der Waals surface area contributed by atoms with Crippen LogP contribution >= 0.6 is 0 Å². The minimum atomic E-state index is -5.59. The van der Waals surface area contributed by atoms with E-state index in [9.17, 15) is 42.6 Å². The molecule has 8 nitrogen and oxygen atoms in total. The van der Waals surface area contributed by atoms with Gasteiger partial charge in [0.15, 0.2) is 0 Å². The normalized spacial score (nSPS) is 21.2. The Morgan fingerprint density at radius 1 is 1.33 bits per heavy atom. The maximum Gasteiger partial charge on any atom is 0.493 e. The van der Waals surface area contributed by atoms with E-state index in [4.69, 9.17) is 5.11 Å². The molecule has 116 valence electrons. The molecule has 21 heavy (non-hydrogen) atoms. The van der Waals surface area contributed by atoms with E-state index in [1.807, 2.05) is 0 Å². The molecule has 1 atom stereocenters. The van der Waals surface area contributed by atoms with Crippen molar-refractivity contribution in [2.24, 2.45) is 5.92 Å². The van der Waals surface area contributed by atoms with Gasteiger partial charge in [-0.1, -0.05) is 0 Å². The van der Waals surface area contributed by atoms with Crippen LogP contribution in [0.2, 0.25) is 0 Å². The van der Waals surface area contributed by atoms with Crippen molar-refractivity contribution in [1.29, 1.82) is 0 Å². The van der Waals surface area contributed by atoms with E-state index >= 15 is 0 Å². The average molecular weight is 314 g/mol. The fraction of sp³-hybridized carbons (Fsp3) is 0.444. The lowest BCUT2D eigenvalue weighted by Crippen LogP contribution is -2.57. The van der Waals surface area contributed by atoms with Crippen LogP contribution in [0.1, 0.15) is 6.42 Å². The van der Waals surface area contributed by atoms with Crippen LogP contribution in [0.15, 0.2) is 23.6 Å². The predicted molar refractivity (Wildman–Crippen MR) is 55.8 cm³/mol. The van der Waals surface area contributed by atoms with Crippen LogP contribution in [0, 0.1) is 26.1 Å². The van der Waals surface area contributed by atoms with E-state index in [0.717, 1.165) is 0 Å². The van der Waals surface area contributed by atoms with Crippen LogP contribution in [-0.2, 0) is 4.79 Å². The number of hydrogen-bond donors (Lipinski definition) is 1. The van der Waals surface area contributed by atoms with Crippen molar-refractivity contribution in [1.82, 2.24) is 0 Å². The summed E-state index contributed by atoms with van der Waals surface area (Å²) >= 11 is 0. The maximum atomic E-state index is 13.4. The summed E-state index contributed by atoms with van der Waals surface area (Å²) in [6.45, 7) is 0. The van der Waals surface area contributed by atoms with Crippen LogP contribution in [0.25, 0.3) is 0 Å². The van der Waals surface area contributed by atoms with Crippen molar-refractivity contribution in [2.45, 2.75) is 18.3 Å². The predicted octanol–water partition coefficient (Wildman–Crippen LogP) is 1.68. The molecule has 0 aliphatic heterocycles. The van der Waals surface area contributed by atoms with Crippen LogP contribution in [-0.4, -0.2) is 32.8 Å². The SMILES string of the molecule is O=C(O)CC1=C(F)C=CC([N+](=O)[O-])([N+](=O)[O-])C1C(F)(F)F. The third kappa shape index (κ3) is 2.68. The lowest BCUT2D eigenvalue weighted by Gasteiger charge is -2.29. The number of alkyl halides is 3. The van der Waals surface area contributed by atoms with E-state index in [0.29, 0.717) is 0 Å². The first-order chi connectivity index (χ1) is 9.44. The Kier molecular flexibility index (Phi) is 4.02. The molecule has 0 saturated heterocycles. The van der Waals surface area contributed by atoms with Gasteiger partial charge in [0.05, 0.1) is 12.5 Å². The summed E-state index contributed by atoms with van der Waals surface area (Å²) in [4.78, 5) is 28.5. The fourth-order valence-electron chi connectivity index (χ4n) is 1.98. The number of nitrogens with zero attached hydrogens (tertiary/aromatic N) is 2. The molecule has 0 radical (unpaired) electrons. The number of halogens is 4. The molecular weight excluding hydrogens is 308 g/mol. The van der Waals surface area contributed by atoms with Gasteiger partial charge in [0, 0.05) is 5.57 Å². The number of nitro groups is 2. The maximum absolute atomic E-state index is 13.4. The number of carbonyl (C=O) groups is 1. The molecule has 0 saturated carbocycles. The lowest BCUT2D eigenvalue weighted by molar-refractivity contribution is -0.794. The zero-order valence-electron chi connectivity index (χ0n) is 9.83. The van der Waals surface area contributed by atoms with Crippen LogP contribution in [0.3, 0.4) is 0 Å². The first kappa shape index (κ1) is 16.5. The Balaban J connectivity index is 3.64. The molecule has 0 spiro atoms. The molecule has 0 amide bonds. The van der Waals surface area contributed by atoms with Crippen LogP contribution in [0.4, 0.5) is 17.6 Å². The molecular formula is C9H6F4N2O6. The van der Waals surface area contributed by atoms with Crippen molar-refractivity contribution < 1.29 is 37.3 Å². The molecule has 0 fully saturated rings. The second kappa shape index (κ2) is 5.10.